The molecular formula is C12H10F10NO7S-. The maximum Gasteiger partial charge on any atom is 0.466 e. The van der Waals surface area contributed by atoms with Crippen molar-refractivity contribution in [2.45, 2.75) is 42.2 Å². The third-order valence-electron chi connectivity index (χ3n) is 3.20. The Balaban J connectivity index is 5.65. The number of carbonyl (C=O) groups is 2. The second-order valence-corrected chi connectivity index (χ2v) is 6.89. The molecule has 2 N–H and O–H groups in total. The molecule has 19 heteroatoms. The van der Waals surface area contributed by atoms with Gasteiger partial charge in [0.05, 0.1) is 6.61 Å². The van der Waals surface area contributed by atoms with Gasteiger partial charge in [-0.1, -0.05) is 6.58 Å². The topological polar surface area (TPSA) is 136 Å². The Kier molecular flexibility index (Phi) is 8.16. The molecule has 0 heterocycles. The molecule has 0 saturated heterocycles. The van der Waals surface area contributed by atoms with E-state index in [4.69, 9.17) is 0 Å². The molecule has 182 valence electrons. The highest BCUT2D eigenvalue weighted by Gasteiger charge is 2.66. The van der Waals surface area contributed by atoms with Crippen molar-refractivity contribution >= 4 is 22.0 Å². The average molecular weight is 502 g/mol. The largest absolute Gasteiger partial charge is 0.743 e. The summed E-state index contributed by atoms with van der Waals surface area (Å²) in [6, 6.07) is 0. The van der Waals surface area contributed by atoms with Gasteiger partial charge < -0.3 is 19.8 Å². The van der Waals surface area contributed by atoms with Gasteiger partial charge in [0.2, 0.25) is 0 Å². The number of hydrogen-bond donors (Lipinski definition) is 1. The molecule has 0 rings (SSSR count). The van der Waals surface area contributed by atoms with Crippen molar-refractivity contribution in [2.75, 3.05) is 6.61 Å². The van der Waals surface area contributed by atoms with Crippen molar-refractivity contribution in [1.82, 2.24) is 0 Å². The fourth-order valence-electron chi connectivity index (χ4n) is 1.58. The van der Waals surface area contributed by atoms with Gasteiger partial charge in [-0.15, -0.1) is 0 Å². The number of hydrogen-bond acceptors (Lipinski definition) is 7. The SMILES string of the molecule is C=C(C(=O)OC(OCCCC(F)(F)C(F)(F)S(=O)(=O)[O-])(C(N)=O)C(F)(F)F)C(F)(F)F. The fourth-order valence-corrected chi connectivity index (χ4v) is 2.04. The van der Waals surface area contributed by atoms with Crippen LogP contribution in [0.5, 0.6) is 0 Å². The van der Waals surface area contributed by atoms with E-state index in [1.807, 2.05) is 0 Å². The lowest BCUT2D eigenvalue weighted by molar-refractivity contribution is -0.347. The number of amides is 1. The number of ether oxygens (including phenoxy) is 2. The molecule has 0 aromatic rings. The molecule has 0 fully saturated rings. The summed E-state index contributed by atoms with van der Waals surface area (Å²) >= 11 is 0. The quantitative estimate of drug-likeness (QED) is 0.121. The second-order valence-electron chi connectivity index (χ2n) is 5.47. The molecule has 1 atom stereocenters. The van der Waals surface area contributed by atoms with Crippen molar-refractivity contribution in [3.8, 4) is 0 Å². The van der Waals surface area contributed by atoms with Crippen LogP contribution >= 0.6 is 0 Å². The van der Waals surface area contributed by atoms with Crippen molar-refractivity contribution in [1.29, 1.82) is 0 Å². The van der Waals surface area contributed by atoms with E-state index in [0.717, 1.165) is 0 Å². The first kappa shape index (κ1) is 28.9. The summed E-state index contributed by atoms with van der Waals surface area (Å²) in [5.74, 6) is -16.3. The van der Waals surface area contributed by atoms with E-state index in [2.05, 4.69) is 21.8 Å². The molecule has 0 radical (unpaired) electrons. The molecular weight excluding hydrogens is 492 g/mol. The minimum atomic E-state index is -6.92. The summed E-state index contributed by atoms with van der Waals surface area (Å²) in [5, 5.41) is -6.19. The van der Waals surface area contributed by atoms with Crippen molar-refractivity contribution in [3.05, 3.63) is 12.2 Å². The summed E-state index contributed by atoms with van der Waals surface area (Å²) in [6.07, 6.45) is -15.8. The Bertz CT molecular complexity index is 821. The summed E-state index contributed by atoms with van der Waals surface area (Å²) in [5.41, 5.74) is 1.79. The molecule has 0 aliphatic carbocycles. The molecule has 0 aliphatic heterocycles. The summed E-state index contributed by atoms with van der Waals surface area (Å²) < 4.78 is 166. The zero-order valence-electron chi connectivity index (χ0n) is 14.5. The monoisotopic (exact) mass is 502 g/mol. The van der Waals surface area contributed by atoms with Gasteiger partial charge in [0.25, 0.3) is 0 Å². The third-order valence-corrected chi connectivity index (χ3v) is 4.13. The minimum absolute atomic E-state index is 1.65. The highest BCUT2D eigenvalue weighted by molar-refractivity contribution is 7.86. The standard InChI is InChI=1S/C12H11F10NO7S/c1-5(10(15,16)17)6(24)30-9(7(23)25,11(18,19)20)29-4-2-3-8(13,14)12(21,22)31(26,27)28/h1-4H2,(H2,23,25)(H,26,27,28)/p-1. The Labute approximate surface area is 165 Å². The van der Waals surface area contributed by atoms with E-state index in [9.17, 15) is 66.5 Å². The highest BCUT2D eigenvalue weighted by atomic mass is 32.2. The van der Waals surface area contributed by atoms with Crippen LogP contribution in [0.2, 0.25) is 0 Å². The van der Waals surface area contributed by atoms with E-state index in [1.165, 1.54) is 0 Å². The number of rotatable bonds is 10. The lowest BCUT2D eigenvalue weighted by Crippen LogP contribution is -2.60. The minimum Gasteiger partial charge on any atom is -0.743 e. The van der Waals surface area contributed by atoms with Crippen LogP contribution in [0.15, 0.2) is 12.2 Å². The van der Waals surface area contributed by atoms with Gasteiger partial charge in [-0.3, -0.25) is 4.79 Å². The average Bonchev–Trinajstić information content (AvgIpc) is 2.53. The molecule has 31 heavy (non-hydrogen) atoms. The molecule has 1 unspecified atom stereocenters. The number of nitrogens with two attached hydrogens (primary N) is 1. The first-order valence-electron chi connectivity index (χ1n) is 7.15. The third kappa shape index (κ3) is 6.19. The van der Waals surface area contributed by atoms with Crippen LogP contribution in [0.25, 0.3) is 0 Å². The number of esters is 1. The summed E-state index contributed by atoms with van der Waals surface area (Å²) in [4.78, 5) is 22.4. The van der Waals surface area contributed by atoms with Gasteiger partial charge >= 0.3 is 41.2 Å². The normalized spacial score (nSPS) is 15.8. The Morgan fingerprint density at radius 1 is 0.968 bits per heavy atom. The van der Waals surface area contributed by atoms with Crippen LogP contribution < -0.4 is 5.73 Å². The highest BCUT2D eigenvalue weighted by Crippen LogP contribution is 2.42. The lowest BCUT2D eigenvalue weighted by atomic mass is 10.2. The molecule has 0 aliphatic rings. The Morgan fingerprint density at radius 2 is 1.42 bits per heavy atom. The fraction of sp³-hybridized carbons (Fsp3) is 0.667. The van der Waals surface area contributed by atoms with Crippen LogP contribution in [-0.2, 0) is 29.2 Å². The molecule has 0 saturated carbocycles. The van der Waals surface area contributed by atoms with Gasteiger partial charge in [0.1, 0.15) is 5.57 Å². The molecule has 8 nitrogen and oxygen atoms in total. The van der Waals surface area contributed by atoms with Crippen LogP contribution in [-0.4, -0.2) is 60.8 Å². The number of halogens is 10. The van der Waals surface area contributed by atoms with E-state index in [0.29, 0.717) is 0 Å². The first-order valence-corrected chi connectivity index (χ1v) is 8.56. The first-order chi connectivity index (χ1) is 13.4. The zero-order valence-corrected chi connectivity index (χ0v) is 15.3. The lowest BCUT2D eigenvalue weighted by Gasteiger charge is -2.32. The van der Waals surface area contributed by atoms with Gasteiger partial charge in [-0.2, -0.15) is 43.9 Å². The number of primary amides is 1. The van der Waals surface area contributed by atoms with Crippen LogP contribution in [0.1, 0.15) is 12.8 Å². The van der Waals surface area contributed by atoms with Crippen molar-refractivity contribution < 1.29 is 75.9 Å². The van der Waals surface area contributed by atoms with Crippen LogP contribution in [0.3, 0.4) is 0 Å². The summed E-state index contributed by atoms with van der Waals surface area (Å²) in [6.45, 7) is 0.224. The zero-order chi connectivity index (χ0) is 25.3. The summed E-state index contributed by atoms with van der Waals surface area (Å²) in [7, 11) is -6.92. The molecule has 1 amide bonds. The Morgan fingerprint density at radius 3 is 1.74 bits per heavy atom. The van der Waals surface area contributed by atoms with E-state index in [1.54, 1.807) is 0 Å². The molecule has 0 aromatic carbocycles. The Hall–Kier alpha value is -2.15. The van der Waals surface area contributed by atoms with Gasteiger partial charge in [0.15, 0.2) is 10.1 Å². The van der Waals surface area contributed by atoms with Crippen molar-refractivity contribution in [2.24, 2.45) is 5.73 Å². The van der Waals surface area contributed by atoms with E-state index >= 15 is 0 Å². The molecule has 0 aromatic heterocycles. The predicted molar refractivity (Wildman–Crippen MR) is 74.0 cm³/mol. The number of carbonyl (C=O) groups excluding carboxylic acids is 2. The van der Waals surface area contributed by atoms with Gasteiger partial charge in [-0.25, -0.2) is 13.2 Å². The van der Waals surface area contributed by atoms with Gasteiger partial charge in [-0.05, 0) is 6.42 Å². The van der Waals surface area contributed by atoms with E-state index in [-0.39, 0.29) is 0 Å². The predicted octanol–water partition coefficient (Wildman–Crippen LogP) is 1.96. The van der Waals surface area contributed by atoms with E-state index < -0.39 is 76.3 Å². The smallest absolute Gasteiger partial charge is 0.466 e. The van der Waals surface area contributed by atoms with Gasteiger partial charge in [0, 0.05) is 6.42 Å². The molecule has 0 bridgehead atoms. The number of alkyl halides is 10. The maximum absolute atomic E-state index is 13.2. The second kappa shape index (κ2) is 8.77. The van der Waals surface area contributed by atoms with Crippen molar-refractivity contribution in [3.63, 3.8) is 0 Å². The van der Waals surface area contributed by atoms with Crippen LogP contribution in [0, 0.1) is 0 Å². The maximum atomic E-state index is 13.2. The van der Waals surface area contributed by atoms with Crippen LogP contribution in [0.4, 0.5) is 43.9 Å². The molecule has 0 spiro atoms.